The van der Waals surface area contributed by atoms with E-state index >= 15 is 0 Å². The summed E-state index contributed by atoms with van der Waals surface area (Å²) < 4.78 is 63.7. The molecule has 0 radical (unpaired) electrons. The Bertz CT molecular complexity index is 318. The van der Waals surface area contributed by atoms with Gasteiger partial charge in [0.25, 0.3) is 0 Å². The number of ether oxygens (including phenoxy) is 1. The van der Waals surface area contributed by atoms with Crippen molar-refractivity contribution in [3.8, 4) is 5.75 Å². The van der Waals surface area contributed by atoms with Crippen LogP contribution in [0.15, 0.2) is 18.2 Å². The van der Waals surface area contributed by atoms with Crippen molar-refractivity contribution in [2.75, 3.05) is 0 Å². The van der Waals surface area contributed by atoms with E-state index in [1.54, 1.807) is 0 Å². The van der Waals surface area contributed by atoms with Crippen LogP contribution in [-0.2, 0) is 0 Å². The van der Waals surface area contributed by atoms with Crippen molar-refractivity contribution in [1.29, 1.82) is 0 Å². The van der Waals surface area contributed by atoms with Gasteiger partial charge in [0.2, 0.25) is 0 Å². The van der Waals surface area contributed by atoms with Crippen LogP contribution >= 0.6 is 0 Å². The SMILES string of the molecule is Fc1c[c-]cc(OC(F)(F)C(F)F)c1.[Li+]. The Labute approximate surface area is 94.4 Å². The molecule has 0 saturated heterocycles. The Hall–Kier alpha value is -0.733. The summed E-state index contributed by atoms with van der Waals surface area (Å²) >= 11 is 0. The largest absolute Gasteiger partial charge is 1.00 e. The Morgan fingerprint density at radius 1 is 1.27 bits per heavy atom. The summed E-state index contributed by atoms with van der Waals surface area (Å²) in [5.41, 5.74) is 0. The molecule has 0 aliphatic heterocycles. The maximum atomic E-state index is 12.4. The number of hydrogen-bond acceptors (Lipinski definition) is 1. The topological polar surface area (TPSA) is 9.23 Å². The minimum Gasteiger partial charge on any atom is -0.492 e. The first kappa shape index (κ1) is 14.3. The van der Waals surface area contributed by atoms with E-state index in [9.17, 15) is 22.0 Å². The van der Waals surface area contributed by atoms with Gasteiger partial charge in [0.15, 0.2) is 0 Å². The van der Waals surface area contributed by atoms with Crippen LogP contribution in [0.5, 0.6) is 5.75 Å². The molecular formula is C8H4F5LiO. The molecule has 0 aromatic heterocycles. The van der Waals surface area contributed by atoms with E-state index in [1.165, 1.54) is 0 Å². The van der Waals surface area contributed by atoms with Crippen molar-refractivity contribution < 1.29 is 45.5 Å². The van der Waals surface area contributed by atoms with Gasteiger partial charge in [-0.15, -0.1) is 12.1 Å². The number of benzene rings is 1. The molecule has 1 nitrogen and oxygen atoms in total. The van der Waals surface area contributed by atoms with Crippen LogP contribution in [0.3, 0.4) is 0 Å². The molecule has 0 amide bonds. The number of rotatable bonds is 3. The molecule has 0 bridgehead atoms. The minimum absolute atomic E-state index is 0. The normalized spacial score (nSPS) is 11.1. The minimum atomic E-state index is -4.62. The zero-order valence-electron chi connectivity index (χ0n) is 7.61. The van der Waals surface area contributed by atoms with Gasteiger partial charge in [-0.2, -0.15) is 23.6 Å². The van der Waals surface area contributed by atoms with E-state index in [-0.39, 0.29) is 18.9 Å². The van der Waals surface area contributed by atoms with E-state index in [2.05, 4.69) is 10.8 Å². The second kappa shape index (κ2) is 5.38. The molecule has 0 unspecified atom stereocenters. The molecular weight excluding hydrogens is 214 g/mol. The molecule has 1 rings (SSSR count). The summed E-state index contributed by atoms with van der Waals surface area (Å²) in [5, 5.41) is 0. The first-order valence-corrected chi connectivity index (χ1v) is 3.43. The van der Waals surface area contributed by atoms with Crippen LogP contribution in [0.4, 0.5) is 22.0 Å². The number of alkyl halides is 4. The molecule has 1 aromatic carbocycles. The second-order valence-electron chi connectivity index (χ2n) is 2.35. The third-order valence-electron chi connectivity index (χ3n) is 1.23. The third kappa shape index (κ3) is 4.10. The van der Waals surface area contributed by atoms with Gasteiger partial charge in [0, 0.05) is 11.6 Å². The van der Waals surface area contributed by atoms with Crippen LogP contribution < -0.4 is 23.6 Å². The summed E-state index contributed by atoms with van der Waals surface area (Å²) in [4.78, 5) is 0. The first-order chi connectivity index (χ1) is 6.42. The Morgan fingerprint density at radius 2 is 1.87 bits per heavy atom. The fraction of sp³-hybridized carbons (Fsp3) is 0.250. The fourth-order valence-electron chi connectivity index (χ4n) is 0.683. The molecule has 0 N–H and O–H groups in total. The molecule has 0 aliphatic carbocycles. The molecule has 0 heterocycles. The van der Waals surface area contributed by atoms with Gasteiger partial charge in [0.1, 0.15) is 0 Å². The molecule has 7 heteroatoms. The number of halogens is 5. The van der Waals surface area contributed by atoms with Crippen molar-refractivity contribution in [1.82, 2.24) is 0 Å². The van der Waals surface area contributed by atoms with Crippen LogP contribution in [0.2, 0.25) is 0 Å². The predicted molar refractivity (Wildman–Crippen MR) is 36.8 cm³/mol. The maximum absolute atomic E-state index is 12.4. The molecule has 15 heavy (non-hydrogen) atoms. The van der Waals surface area contributed by atoms with E-state index in [0.29, 0.717) is 6.07 Å². The van der Waals surface area contributed by atoms with Gasteiger partial charge < -0.3 is 4.74 Å². The Morgan fingerprint density at radius 3 is 2.33 bits per heavy atom. The molecule has 0 fully saturated rings. The van der Waals surface area contributed by atoms with Gasteiger partial charge in [-0.3, -0.25) is 4.39 Å². The van der Waals surface area contributed by atoms with E-state index < -0.39 is 24.1 Å². The van der Waals surface area contributed by atoms with Crippen molar-refractivity contribution >= 4 is 0 Å². The van der Waals surface area contributed by atoms with Crippen molar-refractivity contribution in [3.05, 3.63) is 30.1 Å². The van der Waals surface area contributed by atoms with Crippen LogP contribution in [-0.4, -0.2) is 12.5 Å². The summed E-state index contributed by atoms with van der Waals surface area (Å²) in [6.07, 6.45) is -8.59. The third-order valence-corrected chi connectivity index (χ3v) is 1.23. The van der Waals surface area contributed by atoms with Gasteiger partial charge >= 0.3 is 31.4 Å². The van der Waals surface area contributed by atoms with Gasteiger partial charge in [0.05, 0.1) is 0 Å². The maximum Gasteiger partial charge on any atom is 1.00 e. The van der Waals surface area contributed by atoms with E-state index in [0.717, 1.165) is 12.1 Å². The summed E-state index contributed by atoms with van der Waals surface area (Å²) in [6.45, 7) is 0. The van der Waals surface area contributed by atoms with Gasteiger partial charge in [-0.25, -0.2) is 0 Å². The molecule has 0 aliphatic rings. The van der Waals surface area contributed by atoms with E-state index in [4.69, 9.17) is 0 Å². The Kier molecular flexibility index (Phi) is 5.12. The zero-order chi connectivity index (χ0) is 10.8. The first-order valence-electron chi connectivity index (χ1n) is 3.43. The van der Waals surface area contributed by atoms with E-state index in [1.807, 2.05) is 0 Å². The van der Waals surface area contributed by atoms with Gasteiger partial charge in [-0.1, -0.05) is 6.07 Å². The molecule has 0 spiro atoms. The smallest absolute Gasteiger partial charge is 0.492 e. The molecule has 0 saturated carbocycles. The average molecular weight is 218 g/mol. The average Bonchev–Trinajstić information content (AvgIpc) is 2.02. The molecule has 78 valence electrons. The number of hydrogen-bond donors (Lipinski definition) is 0. The zero-order valence-corrected chi connectivity index (χ0v) is 7.61. The summed E-state index contributed by atoms with van der Waals surface area (Å²) in [7, 11) is 0. The molecule has 1 aromatic rings. The standard InChI is InChI=1S/C8H4F5O.Li/c9-5-2-1-3-6(4-5)14-8(12,13)7(10)11;/h2-4,7H;/q-1;+1. The summed E-state index contributed by atoms with van der Waals surface area (Å²) in [6, 6.07) is 4.36. The quantitative estimate of drug-likeness (QED) is 0.390. The summed E-state index contributed by atoms with van der Waals surface area (Å²) in [5.74, 6) is -1.59. The monoisotopic (exact) mass is 218 g/mol. The second-order valence-corrected chi connectivity index (χ2v) is 2.35. The van der Waals surface area contributed by atoms with Crippen molar-refractivity contribution in [3.63, 3.8) is 0 Å². The predicted octanol–water partition coefficient (Wildman–Crippen LogP) is -0.133. The van der Waals surface area contributed by atoms with Crippen molar-refractivity contribution in [2.24, 2.45) is 0 Å². The van der Waals surface area contributed by atoms with Crippen LogP contribution in [0, 0.1) is 11.9 Å². The van der Waals surface area contributed by atoms with Crippen LogP contribution in [0.25, 0.3) is 0 Å². The fourth-order valence-corrected chi connectivity index (χ4v) is 0.683. The van der Waals surface area contributed by atoms with Crippen molar-refractivity contribution in [2.45, 2.75) is 12.5 Å². The van der Waals surface area contributed by atoms with Crippen LogP contribution in [0.1, 0.15) is 0 Å². The molecule has 0 atom stereocenters. The van der Waals surface area contributed by atoms with Gasteiger partial charge in [-0.05, 0) is 0 Å². The Balaban J connectivity index is 0.00000196.